The Bertz CT molecular complexity index is 311. The third-order valence-corrected chi connectivity index (χ3v) is 2.31. The van der Waals surface area contributed by atoms with Gasteiger partial charge in [-0.25, -0.2) is 0 Å². The molecule has 0 amide bonds. The number of ether oxygens (including phenoxy) is 1. The summed E-state index contributed by atoms with van der Waals surface area (Å²) in [7, 11) is 0. The van der Waals surface area contributed by atoms with Gasteiger partial charge in [-0.05, 0) is 11.5 Å². The van der Waals surface area contributed by atoms with E-state index < -0.39 is 18.9 Å². The van der Waals surface area contributed by atoms with E-state index in [4.69, 9.17) is 4.74 Å². The summed E-state index contributed by atoms with van der Waals surface area (Å²) < 4.78 is 42.8. The van der Waals surface area contributed by atoms with Crippen LogP contribution < -0.4 is 0 Å². The van der Waals surface area contributed by atoms with Crippen LogP contribution in [0.1, 0.15) is 19.4 Å². The lowest BCUT2D eigenvalue weighted by Gasteiger charge is -2.30. The van der Waals surface area contributed by atoms with Gasteiger partial charge in [0.1, 0.15) is 0 Å². The van der Waals surface area contributed by atoms with Gasteiger partial charge >= 0.3 is 6.98 Å². The van der Waals surface area contributed by atoms with Crippen molar-refractivity contribution in [2.45, 2.75) is 26.5 Å². The fraction of sp³-hybridized carbons (Fsp3) is 0.455. The first-order valence-corrected chi connectivity index (χ1v) is 5.26. The minimum atomic E-state index is -4.94. The first-order chi connectivity index (χ1) is 7.41. The van der Waals surface area contributed by atoms with Crippen molar-refractivity contribution >= 4 is 6.98 Å². The van der Waals surface area contributed by atoms with Gasteiger partial charge in [0, 0.05) is 6.00 Å². The Hall–Kier alpha value is -0.965. The van der Waals surface area contributed by atoms with Gasteiger partial charge in [0.05, 0.1) is 6.61 Å². The molecule has 1 atom stereocenters. The molecule has 0 saturated carbocycles. The molecule has 0 saturated heterocycles. The highest BCUT2D eigenvalue weighted by molar-refractivity contribution is 6.60. The van der Waals surface area contributed by atoms with Crippen molar-refractivity contribution in [2.75, 3.05) is 0 Å². The van der Waals surface area contributed by atoms with Crippen LogP contribution in [0.25, 0.3) is 0 Å². The molecular formula is C11H15BF3O-. The minimum absolute atomic E-state index is 0.00491. The lowest BCUT2D eigenvalue weighted by Crippen LogP contribution is -2.41. The van der Waals surface area contributed by atoms with Crippen molar-refractivity contribution in [3.05, 3.63) is 35.9 Å². The number of halogens is 3. The number of rotatable bonds is 5. The maximum absolute atomic E-state index is 12.6. The fourth-order valence-electron chi connectivity index (χ4n) is 1.50. The predicted octanol–water partition coefficient (Wildman–Crippen LogP) is 3.61. The Labute approximate surface area is 93.7 Å². The zero-order valence-corrected chi connectivity index (χ0v) is 9.37. The molecule has 0 fully saturated rings. The Balaban J connectivity index is 2.58. The van der Waals surface area contributed by atoms with E-state index in [0.29, 0.717) is 0 Å². The lowest BCUT2D eigenvalue weighted by molar-refractivity contribution is 0.0354. The first-order valence-electron chi connectivity index (χ1n) is 5.26. The summed E-state index contributed by atoms with van der Waals surface area (Å²) >= 11 is 0. The molecular weight excluding hydrogens is 216 g/mol. The molecule has 1 unspecified atom stereocenters. The van der Waals surface area contributed by atoms with Crippen molar-refractivity contribution in [3.63, 3.8) is 0 Å². The van der Waals surface area contributed by atoms with Crippen LogP contribution in [0.4, 0.5) is 12.9 Å². The van der Waals surface area contributed by atoms with E-state index in [1.165, 1.54) is 13.8 Å². The first kappa shape index (κ1) is 13.1. The smallest absolute Gasteiger partial charge is 0.447 e. The molecule has 1 aromatic carbocycles. The van der Waals surface area contributed by atoms with Crippen molar-refractivity contribution in [1.29, 1.82) is 0 Å². The lowest BCUT2D eigenvalue weighted by atomic mass is 9.75. The molecule has 1 nitrogen and oxygen atoms in total. The number of hydrogen-bond acceptors (Lipinski definition) is 1. The van der Waals surface area contributed by atoms with Crippen LogP contribution in [-0.2, 0) is 11.3 Å². The molecule has 0 heterocycles. The molecule has 0 radical (unpaired) electrons. The molecule has 5 heteroatoms. The molecule has 16 heavy (non-hydrogen) atoms. The second-order valence-electron chi connectivity index (χ2n) is 4.13. The molecule has 90 valence electrons. The second-order valence-corrected chi connectivity index (χ2v) is 4.13. The molecule has 0 aromatic heterocycles. The quantitative estimate of drug-likeness (QED) is 0.703. The Morgan fingerprint density at radius 2 is 1.69 bits per heavy atom. The third kappa shape index (κ3) is 3.89. The Morgan fingerprint density at radius 1 is 1.12 bits per heavy atom. The molecule has 0 aliphatic heterocycles. The van der Waals surface area contributed by atoms with Gasteiger partial charge in [-0.1, -0.05) is 44.2 Å². The van der Waals surface area contributed by atoms with Gasteiger partial charge in [-0.15, -0.1) is 0 Å². The van der Waals surface area contributed by atoms with Gasteiger partial charge in [0.15, 0.2) is 0 Å². The van der Waals surface area contributed by atoms with E-state index in [9.17, 15) is 12.9 Å². The molecule has 0 bridgehead atoms. The summed E-state index contributed by atoms with van der Waals surface area (Å²) in [5.41, 5.74) is 0.758. The summed E-state index contributed by atoms with van der Waals surface area (Å²) in [5, 5.41) is 0. The topological polar surface area (TPSA) is 9.23 Å². The van der Waals surface area contributed by atoms with Gasteiger partial charge in [-0.3, -0.25) is 0 Å². The van der Waals surface area contributed by atoms with Crippen LogP contribution in [-0.4, -0.2) is 13.0 Å². The number of benzene rings is 1. The summed E-state index contributed by atoms with van der Waals surface area (Å²) in [6.07, 6.45) is 0. The van der Waals surface area contributed by atoms with Gasteiger partial charge in [0.25, 0.3) is 0 Å². The maximum Gasteiger partial charge on any atom is 0.506 e. The molecule has 0 spiro atoms. The normalized spacial score (nSPS) is 14.1. The number of hydrogen-bond donors (Lipinski definition) is 0. The van der Waals surface area contributed by atoms with Gasteiger partial charge in [0.2, 0.25) is 0 Å². The largest absolute Gasteiger partial charge is 0.506 e. The Morgan fingerprint density at radius 3 is 2.12 bits per heavy atom. The second kappa shape index (κ2) is 5.39. The average Bonchev–Trinajstić information content (AvgIpc) is 2.17. The van der Waals surface area contributed by atoms with E-state index in [1.54, 1.807) is 24.3 Å². The van der Waals surface area contributed by atoms with E-state index in [0.717, 1.165) is 5.56 Å². The van der Waals surface area contributed by atoms with Crippen LogP contribution in [0.2, 0.25) is 0 Å². The van der Waals surface area contributed by atoms with Gasteiger partial charge in [-0.2, -0.15) is 0 Å². The summed E-state index contributed by atoms with van der Waals surface area (Å²) in [5.74, 6) is -0.552. The van der Waals surface area contributed by atoms with E-state index in [-0.39, 0.29) is 6.61 Å². The highest BCUT2D eigenvalue weighted by atomic mass is 19.4. The van der Waals surface area contributed by atoms with Crippen molar-refractivity contribution in [1.82, 2.24) is 0 Å². The Kier molecular flexibility index (Phi) is 4.41. The predicted molar refractivity (Wildman–Crippen MR) is 58.9 cm³/mol. The highest BCUT2D eigenvalue weighted by Gasteiger charge is 2.37. The van der Waals surface area contributed by atoms with Crippen LogP contribution >= 0.6 is 0 Å². The summed E-state index contributed by atoms with van der Waals surface area (Å²) in [6, 6.07) is 7.24. The molecule has 0 aliphatic carbocycles. The average molecular weight is 231 g/mol. The molecule has 0 N–H and O–H groups in total. The van der Waals surface area contributed by atoms with Crippen molar-refractivity contribution in [2.24, 2.45) is 5.92 Å². The molecule has 1 aromatic rings. The monoisotopic (exact) mass is 231 g/mol. The molecule has 1 rings (SSSR count). The van der Waals surface area contributed by atoms with Gasteiger partial charge < -0.3 is 17.7 Å². The van der Waals surface area contributed by atoms with Crippen LogP contribution in [0.15, 0.2) is 30.3 Å². The van der Waals surface area contributed by atoms with E-state index in [1.807, 2.05) is 6.07 Å². The SMILES string of the molecule is CC(C)C(OCc1ccccc1)[B-](F)(F)F. The zero-order chi connectivity index (χ0) is 12.2. The van der Waals surface area contributed by atoms with Crippen LogP contribution in [0.5, 0.6) is 0 Å². The van der Waals surface area contributed by atoms with Crippen LogP contribution in [0, 0.1) is 5.92 Å². The van der Waals surface area contributed by atoms with E-state index in [2.05, 4.69) is 0 Å². The maximum atomic E-state index is 12.6. The zero-order valence-electron chi connectivity index (χ0n) is 9.37. The molecule has 0 aliphatic rings. The minimum Gasteiger partial charge on any atom is -0.447 e. The standard InChI is InChI=1S/C11H15BF3O/c1-9(2)11(12(13,14)15)16-8-10-6-4-3-5-7-10/h3-7,9,11H,8H2,1-2H3/q-1. The van der Waals surface area contributed by atoms with Crippen molar-refractivity contribution < 1.29 is 17.7 Å². The summed E-state index contributed by atoms with van der Waals surface area (Å²) in [4.78, 5) is 0. The fourth-order valence-corrected chi connectivity index (χ4v) is 1.50. The van der Waals surface area contributed by atoms with Crippen LogP contribution in [0.3, 0.4) is 0 Å². The highest BCUT2D eigenvalue weighted by Crippen LogP contribution is 2.24. The third-order valence-electron chi connectivity index (χ3n) is 2.31. The van der Waals surface area contributed by atoms with E-state index >= 15 is 0 Å². The summed E-state index contributed by atoms with van der Waals surface area (Å²) in [6.45, 7) is -1.90. The van der Waals surface area contributed by atoms with Crippen molar-refractivity contribution in [3.8, 4) is 0 Å².